The summed E-state index contributed by atoms with van der Waals surface area (Å²) in [5, 5.41) is 1.97. The molecule has 1 heterocycles. The quantitative estimate of drug-likeness (QED) is 0.680. The standard InChI is InChI=1S/C6H7NS.C6H6/c1-2-3-6-4-5-8-7-6;1-2-4-6-5-3-1/h2,4-5H,1,3H2;1-6H. The molecule has 0 saturated carbocycles. The Labute approximate surface area is 88.9 Å². The van der Waals surface area contributed by atoms with Crippen LogP contribution in [0, 0.1) is 0 Å². The van der Waals surface area contributed by atoms with E-state index in [9.17, 15) is 0 Å². The summed E-state index contributed by atoms with van der Waals surface area (Å²) in [5.41, 5.74) is 1.12. The van der Waals surface area contributed by atoms with Gasteiger partial charge in [-0.2, -0.15) is 4.37 Å². The van der Waals surface area contributed by atoms with Crippen LogP contribution in [0.25, 0.3) is 0 Å². The Morgan fingerprint density at radius 3 is 2.07 bits per heavy atom. The first-order valence-electron chi connectivity index (χ1n) is 4.43. The largest absolute Gasteiger partial charge is 0.197 e. The van der Waals surface area contributed by atoms with Gasteiger partial charge in [0.05, 0.1) is 5.69 Å². The predicted molar refractivity (Wildman–Crippen MR) is 62.5 cm³/mol. The minimum Gasteiger partial charge on any atom is -0.197 e. The van der Waals surface area contributed by atoms with Gasteiger partial charge in [0.2, 0.25) is 0 Å². The van der Waals surface area contributed by atoms with Crippen molar-refractivity contribution >= 4 is 11.5 Å². The van der Waals surface area contributed by atoms with E-state index in [0.29, 0.717) is 0 Å². The third-order valence-corrected chi connectivity index (χ3v) is 2.11. The van der Waals surface area contributed by atoms with Crippen LogP contribution in [0.2, 0.25) is 0 Å². The van der Waals surface area contributed by atoms with Gasteiger partial charge in [0.25, 0.3) is 0 Å². The molecule has 1 nitrogen and oxygen atoms in total. The van der Waals surface area contributed by atoms with Gasteiger partial charge in [0, 0.05) is 11.8 Å². The number of nitrogens with zero attached hydrogens (tertiary/aromatic N) is 1. The monoisotopic (exact) mass is 203 g/mol. The molecule has 0 unspecified atom stereocenters. The van der Waals surface area contributed by atoms with Crippen LogP contribution in [0.1, 0.15) is 5.69 Å². The van der Waals surface area contributed by atoms with Gasteiger partial charge in [-0.05, 0) is 17.6 Å². The van der Waals surface area contributed by atoms with E-state index < -0.39 is 0 Å². The molecule has 72 valence electrons. The Kier molecular flexibility index (Phi) is 5.36. The number of aromatic nitrogens is 1. The van der Waals surface area contributed by atoms with E-state index in [0.717, 1.165) is 12.1 Å². The molecular formula is C12H13NS. The average Bonchev–Trinajstić information content (AvgIpc) is 2.75. The van der Waals surface area contributed by atoms with Gasteiger partial charge in [-0.1, -0.05) is 42.5 Å². The smallest absolute Gasteiger partial charge is 0.0579 e. The molecule has 0 aliphatic carbocycles. The first-order chi connectivity index (χ1) is 6.93. The van der Waals surface area contributed by atoms with Crippen molar-refractivity contribution in [3.8, 4) is 0 Å². The SMILES string of the molecule is C=CCc1ccsn1.c1ccccc1. The maximum atomic E-state index is 4.08. The first-order valence-corrected chi connectivity index (χ1v) is 5.27. The summed E-state index contributed by atoms with van der Waals surface area (Å²) in [6.45, 7) is 3.60. The Morgan fingerprint density at radius 1 is 1.14 bits per heavy atom. The van der Waals surface area contributed by atoms with Crippen molar-refractivity contribution in [2.24, 2.45) is 0 Å². The fourth-order valence-electron chi connectivity index (χ4n) is 0.876. The van der Waals surface area contributed by atoms with Gasteiger partial charge < -0.3 is 0 Å². The summed E-state index contributed by atoms with van der Waals surface area (Å²) in [6, 6.07) is 14.0. The summed E-state index contributed by atoms with van der Waals surface area (Å²) in [7, 11) is 0. The van der Waals surface area contributed by atoms with E-state index in [1.165, 1.54) is 11.5 Å². The van der Waals surface area contributed by atoms with Crippen molar-refractivity contribution in [2.45, 2.75) is 6.42 Å². The summed E-state index contributed by atoms with van der Waals surface area (Å²) in [4.78, 5) is 0. The zero-order valence-electron chi connectivity index (χ0n) is 7.97. The average molecular weight is 203 g/mol. The fraction of sp³-hybridized carbons (Fsp3) is 0.0833. The third kappa shape index (κ3) is 4.58. The zero-order chi connectivity index (χ0) is 10.1. The van der Waals surface area contributed by atoms with Crippen molar-refractivity contribution in [1.29, 1.82) is 0 Å². The topological polar surface area (TPSA) is 12.9 Å². The van der Waals surface area contributed by atoms with Crippen LogP contribution in [0.5, 0.6) is 0 Å². The second-order valence-electron chi connectivity index (χ2n) is 2.64. The maximum absolute atomic E-state index is 4.08. The van der Waals surface area contributed by atoms with Crippen LogP contribution in [0.3, 0.4) is 0 Å². The van der Waals surface area contributed by atoms with E-state index in [1.807, 2.05) is 53.9 Å². The highest BCUT2D eigenvalue weighted by molar-refractivity contribution is 7.03. The van der Waals surface area contributed by atoms with E-state index in [-0.39, 0.29) is 0 Å². The number of allylic oxidation sites excluding steroid dienone is 1. The van der Waals surface area contributed by atoms with Gasteiger partial charge in [0.15, 0.2) is 0 Å². The molecule has 0 spiro atoms. The number of rotatable bonds is 2. The predicted octanol–water partition coefficient (Wildman–Crippen LogP) is 3.56. The Morgan fingerprint density at radius 2 is 1.71 bits per heavy atom. The Bertz CT molecular complexity index is 300. The highest BCUT2D eigenvalue weighted by Crippen LogP contribution is 1.99. The second-order valence-corrected chi connectivity index (χ2v) is 3.30. The molecule has 0 bridgehead atoms. The minimum atomic E-state index is 0.892. The summed E-state index contributed by atoms with van der Waals surface area (Å²) < 4.78 is 4.08. The van der Waals surface area contributed by atoms with Crippen LogP contribution in [-0.4, -0.2) is 4.37 Å². The Balaban J connectivity index is 0.000000146. The third-order valence-electron chi connectivity index (χ3n) is 1.51. The fourth-order valence-corrected chi connectivity index (χ4v) is 1.43. The van der Waals surface area contributed by atoms with Gasteiger partial charge in [-0.25, -0.2) is 0 Å². The maximum Gasteiger partial charge on any atom is 0.0579 e. The molecule has 0 atom stereocenters. The van der Waals surface area contributed by atoms with E-state index in [4.69, 9.17) is 0 Å². The van der Waals surface area contributed by atoms with Crippen LogP contribution in [-0.2, 0) is 6.42 Å². The number of hydrogen-bond donors (Lipinski definition) is 0. The molecule has 1 aromatic carbocycles. The van der Waals surface area contributed by atoms with Gasteiger partial charge >= 0.3 is 0 Å². The summed E-state index contributed by atoms with van der Waals surface area (Å²) in [5.74, 6) is 0. The molecule has 0 aliphatic heterocycles. The van der Waals surface area contributed by atoms with E-state index >= 15 is 0 Å². The molecule has 0 aliphatic rings. The molecule has 2 aromatic rings. The normalized spacial score (nSPS) is 8.57. The molecular weight excluding hydrogens is 190 g/mol. The highest BCUT2D eigenvalue weighted by atomic mass is 32.1. The number of benzene rings is 1. The van der Waals surface area contributed by atoms with Crippen LogP contribution in [0.4, 0.5) is 0 Å². The lowest BCUT2D eigenvalue weighted by Crippen LogP contribution is -1.74. The van der Waals surface area contributed by atoms with Gasteiger partial charge in [-0.15, -0.1) is 6.58 Å². The first kappa shape index (κ1) is 10.7. The molecule has 0 radical (unpaired) electrons. The van der Waals surface area contributed by atoms with Crippen LogP contribution >= 0.6 is 11.5 Å². The minimum absolute atomic E-state index is 0.892. The Hall–Kier alpha value is -1.41. The molecule has 2 rings (SSSR count). The molecule has 0 amide bonds. The van der Waals surface area contributed by atoms with Crippen LogP contribution < -0.4 is 0 Å². The molecule has 1 aromatic heterocycles. The molecule has 0 saturated heterocycles. The lowest BCUT2D eigenvalue weighted by Gasteiger charge is -1.79. The summed E-state index contributed by atoms with van der Waals surface area (Å²) in [6.07, 6.45) is 2.75. The van der Waals surface area contributed by atoms with Crippen LogP contribution in [0.15, 0.2) is 60.5 Å². The highest BCUT2D eigenvalue weighted by Gasteiger charge is 1.86. The van der Waals surface area contributed by atoms with Crippen molar-refractivity contribution < 1.29 is 0 Å². The van der Waals surface area contributed by atoms with Crippen molar-refractivity contribution in [3.05, 3.63) is 66.2 Å². The lowest BCUT2D eigenvalue weighted by atomic mass is 10.3. The van der Waals surface area contributed by atoms with E-state index in [1.54, 1.807) is 0 Å². The molecule has 0 fully saturated rings. The van der Waals surface area contributed by atoms with Gasteiger partial charge in [-0.3, -0.25) is 0 Å². The van der Waals surface area contributed by atoms with Gasteiger partial charge in [0.1, 0.15) is 0 Å². The van der Waals surface area contributed by atoms with Crippen molar-refractivity contribution in [1.82, 2.24) is 4.37 Å². The van der Waals surface area contributed by atoms with E-state index in [2.05, 4.69) is 11.0 Å². The van der Waals surface area contributed by atoms with Crippen molar-refractivity contribution in [2.75, 3.05) is 0 Å². The second kappa shape index (κ2) is 7.04. The lowest BCUT2D eigenvalue weighted by molar-refractivity contribution is 1.20. The molecule has 2 heteroatoms. The number of hydrogen-bond acceptors (Lipinski definition) is 2. The van der Waals surface area contributed by atoms with Crippen molar-refractivity contribution in [3.63, 3.8) is 0 Å². The zero-order valence-corrected chi connectivity index (χ0v) is 8.78. The molecule has 0 N–H and O–H groups in total. The summed E-state index contributed by atoms with van der Waals surface area (Å²) >= 11 is 1.48. The molecule has 14 heavy (non-hydrogen) atoms.